The maximum absolute atomic E-state index is 3.95. The Morgan fingerprint density at radius 2 is 2.00 bits per heavy atom. The molecule has 80 valence electrons. The number of hydrogen-bond donors (Lipinski definition) is 1. The van der Waals surface area contributed by atoms with Gasteiger partial charge in [-0.15, -0.1) is 0 Å². The minimum atomic E-state index is 0.865. The third kappa shape index (κ3) is 3.84. The number of allylic oxidation sites excluding steroid dienone is 1. The molecule has 0 unspecified atom stereocenters. The lowest BCUT2D eigenvalue weighted by molar-refractivity contribution is 1.39. The summed E-state index contributed by atoms with van der Waals surface area (Å²) in [5, 5.41) is 0. The van der Waals surface area contributed by atoms with Gasteiger partial charge in [0.05, 0.1) is 0 Å². The summed E-state index contributed by atoms with van der Waals surface area (Å²) >= 11 is 1.65. The summed E-state index contributed by atoms with van der Waals surface area (Å²) in [6, 6.07) is 8.24. The van der Waals surface area contributed by atoms with E-state index in [1.54, 1.807) is 11.9 Å². The highest BCUT2D eigenvalue weighted by Gasteiger charge is 1.98. The highest BCUT2D eigenvalue weighted by molar-refractivity contribution is 8.00. The van der Waals surface area contributed by atoms with Gasteiger partial charge < -0.3 is 4.72 Å². The standard InChI is InChI=1S/C13H17NS/c1-10(2)12(4)9-15-14-13-8-6-5-7-11(13)3/h5-8,14H,1,4,9H2,2-3H3. The van der Waals surface area contributed by atoms with Crippen molar-refractivity contribution in [1.29, 1.82) is 0 Å². The lowest BCUT2D eigenvalue weighted by atomic mass is 10.2. The zero-order valence-electron chi connectivity index (χ0n) is 9.34. The number of aryl methyl sites for hydroxylation is 1. The summed E-state index contributed by atoms with van der Waals surface area (Å²) in [6.07, 6.45) is 0. The van der Waals surface area contributed by atoms with Crippen LogP contribution in [-0.2, 0) is 0 Å². The van der Waals surface area contributed by atoms with Gasteiger partial charge >= 0.3 is 0 Å². The summed E-state index contributed by atoms with van der Waals surface area (Å²) in [4.78, 5) is 0. The monoisotopic (exact) mass is 219 g/mol. The Labute approximate surface area is 96.4 Å². The van der Waals surface area contributed by atoms with Gasteiger partial charge in [0, 0.05) is 11.4 Å². The average Bonchev–Trinajstić information content (AvgIpc) is 2.20. The molecule has 0 fully saturated rings. The van der Waals surface area contributed by atoms with Crippen LogP contribution < -0.4 is 4.72 Å². The molecule has 1 aromatic rings. The Bertz CT molecular complexity index is 369. The van der Waals surface area contributed by atoms with Crippen LogP contribution in [-0.4, -0.2) is 5.75 Å². The quantitative estimate of drug-likeness (QED) is 0.588. The zero-order chi connectivity index (χ0) is 11.3. The molecule has 0 saturated carbocycles. The van der Waals surface area contributed by atoms with Crippen molar-refractivity contribution < 1.29 is 0 Å². The maximum atomic E-state index is 3.95. The van der Waals surface area contributed by atoms with Crippen molar-refractivity contribution in [1.82, 2.24) is 0 Å². The summed E-state index contributed by atoms with van der Waals surface area (Å²) in [5.41, 5.74) is 4.55. The Kier molecular flexibility index (Phi) is 4.50. The molecule has 0 aromatic heterocycles. The molecular formula is C13H17NS. The first-order valence-electron chi connectivity index (χ1n) is 4.88. The average molecular weight is 219 g/mol. The molecule has 1 aromatic carbocycles. The van der Waals surface area contributed by atoms with Crippen LogP contribution in [0.2, 0.25) is 0 Å². The smallest absolute Gasteiger partial charge is 0.0469 e. The molecule has 1 nitrogen and oxygen atoms in total. The Balaban J connectivity index is 2.42. The lowest BCUT2D eigenvalue weighted by Crippen LogP contribution is -1.94. The van der Waals surface area contributed by atoms with E-state index in [0.29, 0.717) is 0 Å². The van der Waals surface area contributed by atoms with Gasteiger partial charge in [0.15, 0.2) is 0 Å². The molecule has 0 saturated heterocycles. The molecule has 1 N–H and O–H groups in total. The van der Waals surface area contributed by atoms with Gasteiger partial charge in [-0.1, -0.05) is 36.9 Å². The highest BCUT2D eigenvalue weighted by Crippen LogP contribution is 2.19. The third-order valence-electron chi connectivity index (χ3n) is 2.18. The van der Waals surface area contributed by atoms with E-state index >= 15 is 0 Å². The van der Waals surface area contributed by atoms with Crippen LogP contribution >= 0.6 is 11.9 Å². The van der Waals surface area contributed by atoms with E-state index in [0.717, 1.165) is 22.6 Å². The van der Waals surface area contributed by atoms with E-state index in [9.17, 15) is 0 Å². The maximum Gasteiger partial charge on any atom is 0.0469 e. The fraction of sp³-hybridized carbons (Fsp3) is 0.231. The number of hydrogen-bond acceptors (Lipinski definition) is 2. The van der Waals surface area contributed by atoms with Gasteiger partial charge in [0.1, 0.15) is 0 Å². The fourth-order valence-electron chi connectivity index (χ4n) is 1.01. The van der Waals surface area contributed by atoms with Gasteiger partial charge in [-0.05, 0) is 43.0 Å². The Hall–Kier alpha value is -1.15. The fourth-order valence-corrected chi connectivity index (χ4v) is 1.89. The summed E-state index contributed by atoms with van der Waals surface area (Å²) in [7, 11) is 0. The minimum Gasteiger partial charge on any atom is -0.329 e. The normalized spacial score (nSPS) is 9.73. The van der Waals surface area contributed by atoms with Gasteiger partial charge in [-0.3, -0.25) is 0 Å². The summed E-state index contributed by atoms with van der Waals surface area (Å²) in [5.74, 6) is 0.865. The third-order valence-corrected chi connectivity index (χ3v) is 3.03. The lowest BCUT2D eigenvalue weighted by Gasteiger charge is -2.09. The van der Waals surface area contributed by atoms with Crippen molar-refractivity contribution >= 4 is 17.6 Å². The number of rotatable bonds is 5. The van der Waals surface area contributed by atoms with Crippen molar-refractivity contribution in [3.05, 3.63) is 54.1 Å². The molecule has 1 rings (SSSR count). The first-order valence-corrected chi connectivity index (χ1v) is 5.87. The molecular weight excluding hydrogens is 202 g/mol. The molecule has 0 atom stereocenters. The number of benzene rings is 1. The summed E-state index contributed by atoms with van der Waals surface area (Å²) < 4.78 is 3.31. The second-order valence-corrected chi connectivity index (χ2v) is 4.37. The van der Waals surface area contributed by atoms with E-state index < -0.39 is 0 Å². The van der Waals surface area contributed by atoms with Crippen molar-refractivity contribution in [2.75, 3.05) is 10.5 Å². The molecule has 15 heavy (non-hydrogen) atoms. The van der Waals surface area contributed by atoms with Gasteiger partial charge in [0.2, 0.25) is 0 Å². The highest BCUT2D eigenvalue weighted by atomic mass is 32.2. The van der Waals surface area contributed by atoms with Crippen LogP contribution in [0.3, 0.4) is 0 Å². The van der Waals surface area contributed by atoms with Crippen LogP contribution in [0.15, 0.2) is 48.6 Å². The summed E-state index contributed by atoms with van der Waals surface area (Å²) in [6.45, 7) is 11.9. The first kappa shape index (κ1) is 11.9. The minimum absolute atomic E-state index is 0.865. The van der Waals surface area contributed by atoms with Crippen molar-refractivity contribution in [2.24, 2.45) is 0 Å². The molecule has 0 aliphatic rings. The van der Waals surface area contributed by atoms with E-state index in [-0.39, 0.29) is 0 Å². The van der Waals surface area contributed by atoms with Crippen molar-refractivity contribution in [2.45, 2.75) is 13.8 Å². The van der Waals surface area contributed by atoms with Crippen LogP contribution in [0.5, 0.6) is 0 Å². The van der Waals surface area contributed by atoms with Crippen molar-refractivity contribution in [3.8, 4) is 0 Å². The largest absolute Gasteiger partial charge is 0.329 e. The SMILES string of the molecule is C=C(C)C(=C)CSNc1ccccc1C. The van der Waals surface area contributed by atoms with Crippen LogP contribution in [0.25, 0.3) is 0 Å². The molecule has 0 aliphatic heterocycles. The van der Waals surface area contributed by atoms with Gasteiger partial charge in [-0.2, -0.15) is 0 Å². The van der Waals surface area contributed by atoms with E-state index in [1.165, 1.54) is 5.56 Å². The van der Waals surface area contributed by atoms with Crippen LogP contribution in [0.1, 0.15) is 12.5 Å². The molecule has 2 heteroatoms. The van der Waals surface area contributed by atoms with E-state index in [1.807, 2.05) is 19.1 Å². The Morgan fingerprint density at radius 3 is 2.60 bits per heavy atom. The van der Waals surface area contributed by atoms with Crippen LogP contribution in [0, 0.1) is 6.92 Å². The van der Waals surface area contributed by atoms with E-state index in [4.69, 9.17) is 0 Å². The zero-order valence-corrected chi connectivity index (χ0v) is 10.2. The second-order valence-electron chi connectivity index (χ2n) is 3.59. The second kappa shape index (κ2) is 5.66. The molecule has 0 heterocycles. The number of nitrogens with one attached hydrogen (secondary N) is 1. The van der Waals surface area contributed by atoms with Crippen molar-refractivity contribution in [3.63, 3.8) is 0 Å². The molecule has 0 spiro atoms. The predicted molar refractivity (Wildman–Crippen MR) is 71.2 cm³/mol. The molecule has 0 bridgehead atoms. The van der Waals surface area contributed by atoms with Crippen LogP contribution in [0.4, 0.5) is 5.69 Å². The molecule has 0 radical (unpaired) electrons. The first-order chi connectivity index (χ1) is 7.11. The van der Waals surface area contributed by atoms with E-state index in [2.05, 4.69) is 36.9 Å². The number of para-hydroxylation sites is 1. The molecule has 0 amide bonds. The predicted octanol–water partition coefficient (Wildman–Crippen LogP) is 4.19. The van der Waals surface area contributed by atoms with Gasteiger partial charge in [-0.25, -0.2) is 0 Å². The Morgan fingerprint density at radius 1 is 1.33 bits per heavy atom. The van der Waals surface area contributed by atoms with Gasteiger partial charge in [0.25, 0.3) is 0 Å². The molecule has 0 aliphatic carbocycles. The number of anilines is 1. The topological polar surface area (TPSA) is 12.0 Å².